The van der Waals surface area contributed by atoms with Crippen molar-refractivity contribution in [3.8, 4) is 11.5 Å². The van der Waals surface area contributed by atoms with Crippen LogP contribution in [0.1, 0.15) is 12.5 Å². The van der Waals surface area contributed by atoms with Crippen molar-refractivity contribution in [3.05, 3.63) is 23.8 Å². The van der Waals surface area contributed by atoms with E-state index in [-0.39, 0.29) is 25.3 Å². The van der Waals surface area contributed by atoms with Crippen molar-refractivity contribution in [3.63, 3.8) is 0 Å². The van der Waals surface area contributed by atoms with E-state index in [1.54, 1.807) is 11.9 Å². The maximum Gasteiger partial charge on any atom is 0.241 e. The molecule has 2 unspecified atom stereocenters. The lowest BCUT2D eigenvalue weighted by atomic mass is 10.0. The SMILES string of the molecule is CC(Cc1ccc2c(c1)OCO2)N(C)C(=O)C(N)CO. The number of likely N-dealkylation sites (N-methyl/N-ethyl adjacent to an activating group) is 1. The Morgan fingerprint density at radius 3 is 2.85 bits per heavy atom. The van der Waals surface area contributed by atoms with Crippen LogP contribution in [0.15, 0.2) is 18.2 Å². The van der Waals surface area contributed by atoms with Gasteiger partial charge in [-0.15, -0.1) is 0 Å². The van der Waals surface area contributed by atoms with Crippen LogP contribution in [0.4, 0.5) is 0 Å². The van der Waals surface area contributed by atoms with Crippen LogP contribution in [0.25, 0.3) is 0 Å². The number of carbonyl (C=O) groups excluding carboxylic acids is 1. The van der Waals surface area contributed by atoms with Gasteiger partial charge in [-0.05, 0) is 31.0 Å². The first kappa shape index (κ1) is 14.6. The quantitative estimate of drug-likeness (QED) is 0.800. The van der Waals surface area contributed by atoms with Gasteiger partial charge in [-0.1, -0.05) is 6.07 Å². The third-order valence-corrected chi connectivity index (χ3v) is 3.49. The molecule has 1 aromatic rings. The van der Waals surface area contributed by atoms with E-state index < -0.39 is 6.04 Å². The summed E-state index contributed by atoms with van der Waals surface area (Å²) >= 11 is 0. The number of hydrogen-bond donors (Lipinski definition) is 2. The van der Waals surface area contributed by atoms with Crippen LogP contribution in [-0.2, 0) is 11.2 Å². The summed E-state index contributed by atoms with van der Waals surface area (Å²) in [5.41, 5.74) is 6.60. The maximum atomic E-state index is 11.9. The zero-order chi connectivity index (χ0) is 14.7. The Balaban J connectivity index is 2.00. The monoisotopic (exact) mass is 280 g/mol. The summed E-state index contributed by atoms with van der Waals surface area (Å²) in [7, 11) is 1.69. The molecule has 1 aliphatic heterocycles. The molecular weight excluding hydrogens is 260 g/mol. The summed E-state index contributed by atoms with van der Waals surface area (Å²) < 4.78 is 10.6. The lowest BCUT2D eigenvalue weighted by Crippen LogP contribution is -2.47. The predicted molar refractivity (Wildman–Crippen MR) is 73.6 cm³/mol. The summed E-state index contributed by atoms with van der Waals surface area (Å²) in [4.78, 5) is 13.5. The molecule has 0 saturated heterocycles. The Hall–Kier alpha value is -1.79. The number of aliphatic hydroxyl groups excluding tert-OH is 1. The molecule has 6 heteroatoms. The highest BCUT2D eigenvalue weighted by Crippen LogP contribution is 2.32. The molecule has 1 aliphatic rings. The number of fused-ring (bicyclic) bond motifs is 1. The van der Waals surface area contributed by atoms with Gasteiger partial charge in [0.25, 0.3) is 0 Å². The number of nitrogens with zero attached hydrogens (tertiary/aromatic N) is 1. The second kappa shape index (κ2) is 6.11. The molecule has 0 saturated carbocycles. The molecule has 2 rings (SSSR count). The number of nitrogens with two attached hydrogens (primary N) is 1. The summed E-state index contributed by atoms with van der Waals surface area (Å²) in [5, 5.41) is 8.93. The summed E-state index contributed by atoms with van der Waals surface area (Å²) in [5.74, 6) is 1.21. The minimum Gasteiger partial charge on any atom is -0.454 e. The smallest absolute Gasteiger partial charge is 0.241 e. The molecule has 6 nitrogen and oxygen atoms in total. The number of carbonyl (C=O) groups is 1. The first-order chi connectivity index (χ1) is 9.52. The Kier molecular flexibility index (Phi) is 4.46. The van der Waals surface area contributed by atoms with Gasteiger partial charge in [0.05, 0.1) is 6.61 Å². The summed E-state index contributed by atoms with van der Waals surface area (Å²) in [6.07, 6.45) is 0.678. The standard InChI is InChI=1S/C14H20N2O4/c1-9(16(2)14(18)11(15)7-17)5-10-3-4-12-13(6-10)20-8-19-12/h3-4,6,9,11,17H,5,7-8,15H2,1-2H3. The average Bonchev–Trinajstić information content (AvgIpc) is 2.92. The van der Waals surface area contributed by atoms with Gasteiger partial charge in [-0.3, -0.25) is 4.79 Å². The fraction of sp³-hybridized carbons (Fsp3) is 0.500. The average molecular weight is 280 g/mol. The third kappa shape index (κ3) is 3.02. The van der Waals surface area contributed by atoms with E-state index in [4.69, 9.17) is 20.3 Å². The minimum atomic E-state index is -0.862. The Labute approximate surface area is 118 Å². The summed E-state index contributed by atoms with van der Waals surface area (Å²) in [6, 6.07) is 4.85. The van der Waals surface area contributed by atoms with Crippen LogP contribution in [0, 0.1) is 0 Å². The van der Waals surface area contributed by atoms with Crippen LogP contribution in [0.3, 0.4) is 0 Å². The molecule has 3 N–H and O–H groups in total. The highest BCUT2D eigenvalue weighted by Gasteiger charge is 2.22. The Morgan fingerprint density at radius 1 is 1.45 bits per heavy atom. The number of rotatable bonds is 5. The van der Waals surface area contributed by atoms with E-state index in [2.05, 4.69) is 0 Å². The molecule has 0 fully saturated rings. The largest absolute Gasteiger partial charge is 0.454 e. The zero-order valence-corrected chi connectivity index (χ0v) is 11.7. The van der Waals surface area contributed by atoms with Crippen molar-refractivity contribution in [2.24, 2.45) is 5.73 Å². The first-order valence-electron chi connectivity index (χ1n) is 6.54. The predicted octanol–water partition coefficient (Wildman–Crippen LogP) is 0.124. The number of aliphatic hydroxyl groups is 1. The second-order valence-electron chi connectivity index (χ2n) is 4.98. The number of amides is 1. The van der Waals surface area contributed by atoms with Crippen LogP contribution in [-0.4, -0.2) is 48.4 Å². The maximum absolute atomic E-state index is 11.9. The molecule has 2 atom stereocenters. The lowest BCUT2D eigenvalue weighted by Gasteiger charge is -2.27. The molecule has 0 aliphatic carbocycles. The number of ether oxygens (including phenoxy) is 2. The molecule has 1 amide bonds. The van der Waals surface area contributed by atoms with Gasteiger partial charge in [0.15, 0.2) is 11.5 Å². The molecule has 1 heterocycles. The number of hydrogen-bond acceptors (Lipinski definition) is 5. The fourth-order valence-corrected chi connectivity index (χ4v) is 2.10. The van der Waals surface area contributed by atoms with Crippen LogP contribution in [0.2, 0.25) is 0 Å². The van der Waals surface area contributed by atoms with Gasteiger partial charge in [0, 0.05) is 13.1 Å². The zero-order valence-electron chi connectivity index (χ0n) is 11.7. The topological polar surface area (TPSA) is 85.0 Å². The molecule has 1 aromatic carbocycles. The van der Waals surface area contributed by atoms with Gasteiger partial charge < -0.3 is 25.2 Å². The molecule has 0 bridgehead atoms. The van der Waals surface area contributed by atoms with E-state index in [0.29, 0.717) is 6.42 Å². The van der Waals surface area contributed by atoms with E-state index in [1.165, 1.54) is 0 Å². The molecule has 0 aromatic heterocycles. The molecular formula is C14H20N2O4. The van der Waals surface area contributed by atoms with Crippen molar-refractivity contribution < 1.29 is 19.4 Å². The van der Waals surface area contributed by atoms with Gasteiger partial charge in [-0.2, -0.15) is 0 Å². The molecule has 110 valence electrons. The first-order valence-corrected chi connectivity index (χ1v) is 6.54. The minimum absolute atomic E-state index is 0.0273. The molecule has 20 heavy (non-hydrogen) atoms. The van der Waals surface area contributed by atoms with Gasteiger partial charge in [-0.25, -0.2) is 0 Å². The molecule has 0 spiro atoms. The van der Waals surface area contributed by atoms with Gasteiger partial charge >= 0.3 is 0 Å². The van der Waals surface area contributed by atoms with E-state index in [9.17, 15) is 4.79 Å². The van der Waals surface area contributed by atoms with Crippen LogP contribution < -0.4 is 15.2 Å². The normalized spacial score (nSPS) is 15.8. The van der Waals surface area contributed by atoms with Crippen molar-refractivity contribution in [1.82, 2.24) is 4.90 Å². The van der Waals surface area contributed by atoms with Crippen molar-refractivity contribution in [2.75, 3.05) is 20.4 Å². The van der Waals surface area contributed by atoms with Crippen LogP contribution >= 0.6 is 0 Å². The van der Waals surface area contributed by atoms with E-state index in [0.717, 1.165) is 17.1 Å². The van der Waals surface area contributed by atoms with Crippen molar-refractivity contribution >= 4 is 5.91 Å². The van der Waals surface area contributed by atoms with Crippen LogP contribution in [0.5, 0.6) is 11.5 Å². The van der Waals surface area contributed by atoms with Crippen molar-refractivity contribution in [1.29, 1.82) is 0 Å². The third-order valence-electron chi connectivity index (χ3n) is 3.49. The highest BCUT2D eigenvalue weighted by molar-refractivity contribution is 5.81. The second-order valence-corrected chi connectivity index (χ2v) is 4.98. The Morgan fingerprint density at radius 2 is 2.15 bits per heavy atom. The van der Waals surface area contributed by atoms with E-state index >= 15 is 0 Å². The van der Waals surface area contributed by atoms with Gasteiger partial charge in [0.2, 0.25) is 12.7 Å². The van der Waals surface area contributed by atoms with Crippen molar-refractivity contribution in [2.45, 2.75) is 25.4 Å². The highest BCUT2D eigenvalue weighted by atomic mass is 16.7. The molecule has 0 radical (unpaired) electrons. The lowest BCUT2D eigenvalue weighted by molar-refractivity contribution is -0.133. The fourth-order valence-electron chi connectivity index (χ4n) is 2.10. The van der Waals surface area contributed by atoms with E-state index in [1.807, 2.05) is 25.1 Å². The van der Waals surface area contributed by atoms with Gasteiger partial charge in [0.1, 0.15) is 6.04 Å². The Bertz CT molecular complexity index is 492. The number of benzene rings is 1. The summed E-state index contributed by atoms with van der Waals surface area (Å²) in [6.45, 7) is 1.84.